The van der Waals surface area contributed by atoms with Crippen molar-refractivity contribution in [2.45, 2.75) is 33.0 Å². The smallest absolute Gasteiger partial charge is 0.251 e. The van der Waals surface area contributed by atoms with Gasteiger partial charge in [0, 0.05) is 12.6 Å². The monoisotopic (exact) mass is 423 g/mol. The molecule has 0 aliphatic heterocycles. The van der Waals surface area contributed by atoms with Crippen LogP contribution in [0.2, 0.25) is 0 Å². The summed E-state index contributed by atoms with van der Waals surface area (Å²) >= 11 is 5.40. The van der Waals surface area contributed by atoms with Crippen LogP contribution in [0.1, 0.15) is 40.3 Å². The fraction of sp³-hybridized carbons (Fsp3) is 0.273. The summed E-state index contributed by atoms with van der Waals surface area (Å²) in [7, 11) is 1.77. The second-order valence-corrected chi connectivity index (χ2v) is 7.48. The van der Waals surface area contributed by atoms with Gasteiger partial charge in [-0.3, -0.25) is 9.59 Å². The summed E-state index contributed by atoms with van der Waals surface area (Å²) < 4.78 is 3.58. The summed E-state index contributed by atoms with van der Waals surface area (Å²) in [5.41, 5.74) is 2.54. The van der Waals surface area contributed by atoms with Crippen LogP contribution in [0.15, 0.2) is 54.6 Å². The van der Waals surface area contributed by atoms with Gasteiger partial charge in [0.2, 0.25) is 5.91 Å². The lowest BCUT2D eigenvalue weighted by Crippen LogP contribution is -2.30. The van der Waals surface area contributed by atoms with Crippen molar-refractivity contribution < 1.29 is 9.59 Å². The Morgan fingerprint density at radius 3 is 2.47 bits per heavy atom. The Labute approximate surface area is 180 Å². The van der Waals surface area contributed by atoms with Gasteiger partial charge in [0.05, 0.1) is 12.6 Å². The van der Waals surface area contributed by atoms with E-state index in [9.17, 15) is 9.59 Å². The summed E-state index contributed by atoms with van der Waals surface area (Å²) in [6, 6.07) is 17.0. The van der Waals surface area contributed by atoms with Crippen molar-refractivity contribution in [3.05, 3.63) is 81.9 Å². The number of nitrogens with zero attached hydrogens (tertiary/aromatic N) is 3. The van der Waals surface area contributed by atoms with Gasteiger partial charge in [-0.15, -0.1) is 0 Å². The van der Waals surface area contributed by atoms with Crippen molar-refractivity contribution in [3.8, 4) is 0 Å². The summed E-state index contributed by atoms with van der Waals surface area (Å²) in [6.07, 6.45) is 0. The van der Waals surface area contributed by atoms with E-state index >= 15 is 0 Å². The van der Waals surface area contributed by atoms with E-state index in [0.29, 0.717) is 16.2 Å². The van der Waals surface area contributed by atoms with Gasteiger partial charge < -0.3 is 15.2 Å². The first kappa shape index (κ1) is 21.4. The first-order chi connectivity index (χ1) is 14.4. The molecule has 3 aromatic rings. The van der Waals surface area contributed by atoms with Gasteiger partial charge in [0.25, 0.3) is 5.91 Å². The maximum atomic E-state index is 12.5. The molecule has 1 aromatic heterocycles. The SMILES string of the molecule is Cc1ccccc1C(=O)NCc1nn(CC(=O)N[C@@H](C)c2ccccc2)c(=S)n1C. The minimum atomic E-state index is -0.184. The molecule has 7 nitrogen and oxygen atoms in total. The van der Waals surface area contributed by atoms with Gasteiger partial charge in [0.1, 0.15) is 6.54 Å². The third-order valence-corrected chi connectivity index (χ3v) is 5.38. The average molecular weight is 424 g/mol. The van der Waals surface area contributed by atoms with E-state index in [1.807, 2.05) is 62.4 Å². The molecular weight excluding hydrogens is 398 g/mol. The minimum absolute atomic E-state index is 0.00951. The zero-order chi connectivity index (χ0) is 21.7. The number of amides is 2. The lowest BCUT2D eigenvalue weighted by atomic mass is 10.1. The van der Waals surface area contributed by atoms with Crippen molar-refractivity contribution in [2.24, 2.45) is 7.05 Å². The van der Waals surface area contributed by atoms with Crippen LogP contribution in [0.25, 0.3) is 0 Å². The second-order valence-electron chi connectivity index (χ2n) is 7.11. The lowest BCUT2D eigenvalue weighted by Gasteiger charge is -2.14. The quantitative estimate of drug-likeness (QED) is 0.573. The molecule has 2 amide bonds. The molecule has 1 atom stereocenters. The largest absolute Gasteiger partial charge is 0.348 e. The lowest BCUT2D eigenvalue weighted by molar-refractivity contribution is -0.122. The van der Waals surface area contributed by atoms with E-state index in [4.69, 9.17) is 12.2 Å². The molecular formula is C22H25N5O2S. The average Bonchev–Trinajstić information content (AvgIpc) is 3.00. The molecule has 0 saturated heterocycles. The van der Waals surface area contributed by atoms with Crippen LogP contribution < -0.4 is 10.6 Å². The van der Waals surface area contributed by atoms with Crippen molar-refractivity contribution >= 4 is 24.0 Å². The topological polar surface area (TPSA) is 80.9 Å². The number of nitrogens with one attached hydrogen (secondary N) is 2. The zero-order valence-electron chi connectivity index (χ0n) is 17.3. The van der Waals surface area contributed by atoms with Gasteiger partial charge in [0.15, 0.2) is 10.6 Å². The number of benzene rings is 2. The molecule has 156 valence electrons. The third kappa shape index (κ3) is 5.01. The first-order valence-electron chi connectivity index (χ1n) is 9.67. The molecule has 0 radical (unpaired) electrons. The number of aromatic nitrogens is 3. The summed E-state index contributed by atoms with van der Waals surface area (Å²) in [6.45, 7) is 4.04. The Morgan fingerprint density at radius 2 is 1.77 bits per heavy atom. The molecule has 0 unspecified atom stereocenters. The molecule has 0 bridgehead atoms. The maximum absolute atomic E-state index is 12.5. The van der Waals surface area contributed by atoms with Gasteiger partial charge in [-0.05, 0) is 43.3 Å². The molecule has 2 aromatic carbocycles. The van der Waals surface area contributed by atoms with E-state index in [2.05, 4.69) is 15.7 Å². The van der Waals surface area contributed by atoms with E-state index in [-0.39, 0.29) is 30.9 Å². The second kappa shape index (κ2) is 9.49. The molecule has 3 rings (SSSR count). The molecule has 0 spiro atoms. The van der Waals surface area contributed by atoms with Crippen molar-refractivity contribution in [3.63, 3.8) is 0 Å². The Kier molecular flexibility index (Phi) is 6.79. The van der Waals surface area contributed by atoms with Crippen LogP contribution in [-0.4, -0.2) is 26.2 Å². The zero-order valence-corrected chi connectivity index (χ0v) is 18.1. The fourth-order valence-electron chi connectivity index (χ4n) is 3.12. The van der Waals surface area contributed by atoms with Crippen LogP contribution in [0.5, 0.6) is 0 Å². The summed E-state index contributed by atoms with van der Waals surface area (Å²) in [5, 5.41) is 10.2. The molecule has 8 heteroatoms. The predicted octanol–water partition coefficient (Wildman–Crippen LogP) is 3.07. The van der Waals surface area contributed by atoms with Crippen LogP contribution in [0.3, 0.4) is 0 Å². The van der Waals surface area contributed by atoms with E-state index < -0.39 is 0 Å². The van der Waals surface area contributed by atoms with Crippen molar-refractivity contribution in [2.75, 3.05) is 0 Å². The maximum Gasteiger partial charge on any atom is 0.251 e. The number of hydrogen-bond acceptors (Lipinski definition) is 4. The minimum Gasteiger partial charge on any atom is -0.348 e. The number of carbonyl (C=O) groups is 2. The number of aryl methyl sites for hydroxylation is 1. The van der Waals surface area contributed by atoms with Crippen molar-refractivity contribution in [1.29, 1.82) is 0 Å². The molecule has 30 heavy (non-hydrogen) atoms. The highest BCUT2D eigenvalue weighted by atomic mass is 32.1. The van der Waals surface area contributed by atoms with E-state index in [0.717, 1.165) is 11.1 Å². The molecule has 0 aliphatic rings. The summed E-state index contributed by atoms with van der Waals surface area (Å²) in [5.74, 6) is 0.213. The van der Waals surface area contributed by atoms with Crippen LogP contribution in [0, 0.1) is 11.7 Å². The van der Waals surface area contributed by atoms with Gasteiger partial charge in [-0.1, -0.05) is 48.5 Å². The van der Waals surface area contributed by atoms with Gasteiger partial charge in [-0.25, -0.2) is 4.68 Å². The van der Waals surface area contributed by atoms with Crippen LogP contribution in [0.4, 0.5) is 0 Å². The molecule has 2 N–H and O–H groups in total. The number of carbonyl (C=O) groups excluding carboxylic acids is 2. The Bertz CT molecular complexity index is 1100. The first-order valence-corrected chi connectivity index (χ1v) is 10.1. The van der Waals surface area contributed by atoms with Crippen LogP contribution in [-0.2, 0) is 24.9 Å². The third-order valence-electron chi connectivity index (χ3n) is 4.90. The molecule has 0 aliphatic carbocycles. The normalized spacial score (nSPS) is 11.7. The Morgan fingerprint density at radius 1 is 1.10 bits per heavy atom. The Balaban J connectivity index is 1.63. The van der Waals surface area contributed by atoms with E-state index in [1.54, 1.807) is 17.7 Å². The summed E-state index contributed by atoms with van der Waals surface area (Å²) in [4.78, 5) is 24.9. The molecule has 0 saturated carbocycles. The Hall–Kier alpha value is -3.26. The van der Waals surface area contributed by atoms with Crippen molar-refractivity contribution in [1.82, 2.24) is 25.0 Å². The predicted molar refractivity (Wildman–Crippen MR) is 117 cm³/mol. The van der Waals surface area contributed by atoms with Gasteiger partial charge in [-0.2, -0.15) is 5.10 Å². The van der Waals surface area contributed by atoms with Gasteiger partial charge >= 0.3 is 0 Å². The molecule has 0 fully saturated rings. The highest BCUT2D eigenvalue weighted by Crippen LogP contribution is 2.11. The number of rotatable bonds is 7. The highest BCUT2D eigenvalue weighted by Gasteiger charge is 2.15. The van der Waals surface area contributed by atoms with Crippen LogP contribution >= 0.6 is 12.2 Å². The van der Waals surface area contributed by atoms with E-state index in [1.165, 1.54) is 4.68 Å². The molecule has 1 heterocycles. The highest BCUT2D eigenvalue weighted by molar-refractivity contribution is 7.71. The fourth-order valence-corrected chi connectivity index (χ4v) is 3.33. The number of hydrogen-bond donors (Lipinski definition) is 2. The standard InChI is InChI=1S/C22H25N5O2S/c1-15-9-7-8-12-18(15)21(29)23-13-19-25-27(22(30)26(19)3)14-20(28)24-16(2)17-10-5-4-6-11-17/h4-12,16H,13-14H2,1-3H3,(H,23,29)(H,24,28)/t16-/m0/s1.